The molecule has 158 valence electrons. The van der Waals surface area contributed by atoms with Gasteiger partial charge in [0.2, 0.25) is 5.91 Å². The van der Waals surface area contributed by atoms with Gasteiger partial charge in [-0.05, 0) is 51.9 Å². The molecule has 0 saturated carbocycles. The quantitative estimate of drug-likeness (QED) is 0.660. The number of likely N-dealkylation sites (tertiary alicyclic amines) is 1. The minimum atomic E-state index is -4.33. The van der Waals surface area contributed by atoms with Gasteiger partial charge in [0.1, 0.15) is 5.01 Å². The van der Waals surface area contributed by atoms with Gasteiger partial charge in [-0.3, -0.25) is 9.69 Å². The summed E-state index contributed by atoms with van der Waals surface area (Å²) in [6.45, 7) is 7.92. The van der Waals surface area contributed by atoms with E-state index >= 15 is 0 Å². The molecule has 1 saturated heterocycles. The number of hydrogen-bond donors (Lipinski definition) is 0. The van der Waals surface area contributed by atoms with Gasteiger partial charge in [0.05, 0.1) is 11.3 Å². The molecule has 8 heteroatoms. The maximum absolute atomic E-state index is 12.7. The molecular weight excluding hydrogens is 399 g/mol. The van der Waals surface area contributed by atoms with Crippen LogP contribution in [-0.4, -0.2) is 46.9 Å². The Hall–Kier alpha value is -1.93. The highest BCUT2D eigenvalue weighted by Crippen LogP contribution is 2.32. The van der Waals surface area contributed by atoms with Crippen molar-refractivity contribution in [1.82, 2.24) is 14.8 Å². The number of aromatic nitrogens is 1. The Morgan fingerprint density at radius 2 is 1.79 bits per heavy atom. The first-order valence-electron chi connectivity index (χ1n) is 9.95. The Balaban J connectivity index is 1.55. The SMILES string of the molecule is CCN(CC)C(=O)C1CCN(Cc2csc(-c3ccc(C(F)(F)F)cc3)n2)CC1. The lowest BCUT2D eigenvalue weighted by atomic mass is 9.95. The van der Waals surface area contributed by atoms with E-state index in [9.17, 15) is 18.0 Å². The monoisotopic (exact) mass is 425 g/mol. The molecule has 1 aliphatic heterocycles. The number of amides is 1. The normalized spacial score (nSPS) is 16.2. The average Bonchev–Trinajstić information content (AvgIpc) is 3.17. The maximum Gasteiger partial charge on any atom is 0.416 e. The Bertz CT molecular complexity index is 807. The van der Waals surface area contributed by atoms with Crippen molar-refractivity contribution in [1.29, 1.82) is 0 Å². The Morgan fingerprint density at radius 1 is 1.17 bits per heavy atom. The summed E-state index contributed by atoms with van der Waals surface area (Å²) in [5.41, 5.74) is 0.955. The first kappa shape index (κ1) is 21.8. The lowest BCUT2D eigenvalue weighted by Crippen LogP contribution is -2.42. The fourth-order valence-electron chi connectivity index (χ4n) is 3.67. The van der Waals surface area contributed by atoms with E-state index in [1.165, 1.54) is 23.5 Å². The van der Waals surface area contributed by atoms with Gasteiger partial charge in [0.25, 0.3) is 0 Å². The number of halogens is 3. The second-order valence-electron chi connectivity index (χ2n) is 7.28. The lowest BCUT2D eigenvalue weighted by molar-refractivity contribution is -0.138. The number of alkyl halides is 3. The number of benzene rings is 1. The summed E-state index contributed by atoms with van der Waals surface area (Å²) in [4.78, 5) is 21.3. The number of carbonyl (C=O) groups is 1. The Kier molecular flexibility index (Phi) is 6.95. The van der Waals surface area contributed by atoms with E-state index in [4.69, 9.17) is 0 Å². The summed E-state index contributed by atoms with van der Waals surface area (Å²) in [6, 6.07) is 5.12. The van der Waals surface area contributed by atoms with E-state index in [0.29, 0.717) is 12.1 Å². The minimum absolute atomic E-state index is 0.101. The predicted molar refractivity (Wildman–Crippen MR) is 108 cm³/mol. The van der Waals surface area contributed by atoms with Gasteiger partial charge < -0.3 is 4.90 Å². The molecular formula is C21H26F3N3OS. The molecule has 0 N–H and O–H groups in total. The summed E-state index contributed by atoms with van der Waals surface area (Å²) >= 11 is 1.44. The van der Waals surface area contributed by atoms with Gasteiger partial charge in [-0.15, -0.1) is 11.3 Å². The van der Waals surface area contributed by atoms with Crippen LogP contribution in [0.3, 0.4) is 0 Å². The summed E-state index contributed by atoms with van der Waals surface area (Å²) in [6.07, 6.45) is -2.62. The summed E-state index contributed by atoms with van der Waals surface area (Å²) in [5, 5.41) is 2.68. The van der Waals surface area contributed by atoms with Gasteiger partial charge >= 0.3 is 6.18 Å². The summed E-state index contributed by atoms with van der Waals surface area (Å²) in [7, 11) is 0. The number of carbonyl (C=O) groups excluding carboxylic acids is 1. The van der Waals surface area contributed by atoms with Crippen molar-refractivity contribution >= 4 is 17.2 Å². The number of hydrogen-bond acceptors (Lipinski definition) is 4. The number of rotatable bonds is 6. The molecule has 2 aromatic rings. The highest BCUT2D eigenvalue weighted by molar-refractivity contribution is 7.13. The van der Waals surface area contributed by atoms with Crippen molar-refractivity contribution in [3.05, 3.63) is 40.9 Å². The molecule has 4 nitrogen and oxygen atoms in total. The molecule has 1 amide bonds. The molecule has 1 aliphatic rings. The van der Waals surface area contributed by atoms with Crippen LogP contribution in [0.4, 0.5) is 13.2 Å². The number of piperidine rings is 1. The largest absolute Gasteiger partial charge is 0.416 e. The fourth-order valence-corrected chi connectivity index (χ4v) is 4.49. The van der Waals surface area contributed by atoms with Crippen molar-refractivity contribution in [2.45, 2.75) is 39.4 Å². The van der Waals surface area contributed by atoms with Crippen LogP contribution >= 0.6 is 11.3 Å². The van der Waals surface area contributed by atoms with Crippen molar-refractivity contribution in [2.24, 2.45) is 5.92 Å². The maximum atomic E-state index is 12.7. The molecule has 0 unspecified atom stereocenters. The van der Waals surface area contributed by atoms with E-state index in [0.717, 1.165) is 61.9 Å². The zero-order chi connectivity index (χ0) is 21.0. The third-order valence-electron chi connectivity index (χ3n) is 5.41. The first-order valence-corrected chi connectivity index (χ1v) is 10.8. The molecule has 29 heavy (non-hydrogen) atoms. The Labute approximate surface area is 173 Å². The minimum Gasteiger partial charge on any atom is -0.343 e. The molecule has 0 spiro atoms. The van der Waals surface area contributed by atoms with Crippen LogP contribution in [0.1, 0.15) is 37.9 Å². The molecule has 2 heterocycles. The van der Waals surface area contributed by atoms with Crippen molar-refractivity contribution in [3.8, 4) is 10.6 Å². The molecule has 3 rings (SSSR count). The molecule has 0 radical (unpaired) electrons. The first-order chi connectivity index (χ1) is 13.8. The lowest BCUT2D eigenvalue weighted by Gasteiger charge is -2.33. The third kappa shape index (κ3) is 5.36. The van der Waals surface area contributed by atoms with Crippen LogP contribution in [0, 0.1) is 5.92 Å². The smallest absolute Gasteiger partial charge is 0.343 e. The zero-order valence-electron chi connectivity index (χ0n) is 16.7. The van der Waals surface area contributed by atoms with Gasteiger partial charge in [0, 0.05) is 36.5 Å². The van der Waals surface area contributed by atoms with Crippen LogP contribution in [-0.2, 0) is 17.5 Å². The van der Waals surface area contributed by atoms with Gasteiger partial charge in [-0.2, -0.15) is 13.2 Å². The molecule has 0 bridgehead atoms. The second kappa shape index (κ2) is 9.26. The summed E-state index contributed by atoms with van der Waals surface area (Å²) in [5.74, 6) is 0.359. The number of nitrogens with zero attached hydrogens (tertiary/aromatic N) is 3. The predicted octanol–water partition coefficient (Wildman–Crippen LogP) is 4.91. The molecule has 1 aromatic carbocycles. The molecule has 0 aliphatic carbocycles. The number of thiazole rings is 1. The molecule has 1 aromatic heterocycles. The van der Waals surface area contributed by atoms with Crippen LogP contribution in [0.15, 0.2) is 29.6 Å². The fraction of sp³-hybridized carbons (Fsp3) is 0.524. The standard InChI is InChI=1S/C21H26F3N3OS/c1-3-27(4-2)20(28)16-9-11-26(12-10-16)13-18-14-29-19(25-18)15-5-7-17(8-6-15)21(22,23)24/h5-8,14,16H,3-4,9-13H2,1-2H3. The van der Waals surface area contributed by atoms with Crippen molar-refractivity contribution < 1.29 is 18.0 Å². The highest BCUT2D eigenvalue weighted by Gasteiger charge is 2.30. The van der Waals surface area contributed by atoms with E-state index in [1.807, 2.05) is 24.1 Å². The van der Waals surface area contributed by atoms with Gasteiger partial charge in [0.15, 0.2) is 0 Å². The molecule has 1 fully saturated rings. The summed E-state index contributed by atoms with van der Waals surface area (Å²) < 4.78 is 38.1. The van der Waals surface area contributed by atoms with E-state index in [1.54, 1.807) is 0 Å². The van der Waals surface area contributed by atoms with Crippen LogP contribution in [0.5, 0.6) is 0 Å². The van der Waals surface area contributed by atoms with Gasteiger partial charge in [-0.25, -0.2) is 4.98 Å². The van der Waals surface area contributed by atoms with Crippen LogP contribution < -0.4 is 0 Å². The van der Waals surface area contributed by atoms with Crippen LogP contribution in [0.25, 0.3) is 10.6 Å². The second-order valence-corrected chi connectivity index (χ2v) is 8.14. The van der Waals surface area contributed by atoms with E-state index in [-0.39, 0.29) is 11.8 Å². The van der Waals surface area contributed by atoms with E-state index in [2.05, 4.69) is 9.88 Å². The van der Waals surface area contributed by atoms with Gasteiger partial charge in [-0.1, -0.05) is 12.1 Å². The third-order valence-corrected chi connectivity index (χ3v) is 6.35. The zero-order valence-corrected chi connectivity index (χ0v) is 17.5. The van der Waals surface area contributed by atoms with Crippen LogP contribution in [0.2, 0.25) is 0 Å². The van der Waals surface area contributed by atoms with Crippen molar-refractivity contribution in [3.63, 3.8) is 0 Å². The van der Waals surface area contributed by atoms with Crippen molar-refractivity contribution in [2.75, 3.05) is 26.2 Å². The van der Waals surface area contributed by atoms with E-state index < -0.39 is 11.7 Å². The Morgan fingerprint density at radius 3 is 2.34 bits per heavy atom. The highest BCUT2D eigenvalue weighted by atomic mass is 32.1. The average molecular weight is 426 g/mol. The topological polar surface area (TPSA) is 36.4 Å². The molecule has 0 atom stereocenters.